The smallest absolute Gasteiger partial charge is 0.257 e. The Labute approximate surface area is 37.6 Å². The first-order valence-corrected chi connectivity index (χ1v) is 2.32. The molecule has 0 spiro atoms. The van der Waals surface area contributed by atoms with Gasteiger partial charge in [-0.1, -0.05) is 0 Å². The molecule has 0 bridgehead atoms. The Morgan fingerprint density at radius 3 is 1.83 bits per heavy atom. The van der Waals surface area contributed by atoms with E-state index in [2.05, 4.69) is 0 Å². The van der Waals surface area contributed by atoms with Crippen LogP contribution in [0.15, 0.2) is 0 Å². The summed E-state index contributed by atoms with van der Waals surface area (Å²) in [4.78, 5) is 9.53. The maximum absolute atomic E-state index is 9.53. The zero-order chi connectivity index (χ0) is 5.15. The Balaban J connectivity index is 3.57. The van der Waals surface area contributed by atoms with Crippen molar-refractivity contribution < 1.29 is 13.6 Å². The molecule has 0 aromatic rings. The number of hydrogen-bond acceptors (Lipinski definition) is 2. The molecule has 0 aliphatic rings. The maximum atomic E-state index is 9.53. The second kappa shape index (κ2) is 2.04. The van der Waals surface area contributed by atoms with Crippen molar-refractivity contribution in [3.63, 3.8) is 0 Å². The van der Waals surface area contributed by atoms with Crippen LogP contribution in [0.4, 0.5) is 0 Å². The van der Waals surface area contributed by atoms with Crippen LogP contribution in [0.5, 0.6) is 0 Å². The molecule has 0 aliphatic heterocycles. The number of rotatable bonds is 0. The Bertz CT molecular complexity index is 74.8. The van der Waals surface area contributed by atoms with Gasteiger partial charge in [-0.25, -0.2) is 4.21 Å². The molecule has 0 aliphatic carbocycles. The van der Waals surface area contributed by atoms with Crippen molar-refractivity contribution >= 4 is 16.2 Å². The van der Waals surface area contributed by atoms with Crippen molar-refractivity contribution in [1.29, 1.82) is 0 Å². The molecule has 0 saturated carbocycles. The predicted molar refractivity (Wildman–Crippen MR) is 19.5 cm³/mol. The van der Waals surface area contributed by atoms with E-state index in [9.17, 15) is 13.6 Å². The largest absolute Gasteiger partial charge is 0.282 e. The molecule has 0 fully saturated rings. The third-order valence-corrected chi connectivity index (χ3v) is 0.704. The second-order valence-corrected chi connectivity index (χ2v) is 1.77. The van der Waals surface area contributed by atoms with E-state index in [1.54, 1.807) is 0 Å². The molecule has 1 radical (unpaired) electrons. The van der Waals surface area contributed by atoms with Crippen LogP contribution in [-0.4, -0.2) is 9.32 Å². The van der Waals surface area contributed by atoms with Gasteiger partial charge in [0.15, 0.2) is 0 Å². The number of hydrogen-bond donors (Lipinski definition) is 0. The van der Waals surface area contributed by atoms with Crippen molar-refractivity contribution in [2.75, 3.05) is 0 Å². The monoisotopic (exact) mass is 107 g/mol. The van der Waals surface area contributed by atoms with Crippen LogP contribution in [0.2, 0.25) is 0 Å². The highest BCUT2D eigenvalue weighted by atomic mass is 32.2. The van der Waals surface area contributed by atoms with Crippen molar-refractivity contribution in [1.82, 2.24) is 0 Å². The molecule has 1 atom stereocenters. The molecule has 0 aromatic heterocycles. The molecule has 1 unspecified atom stereocenters. The third kappa shape index (κ3) is 2.04. The molecule has 35 valence electrons. The van der Waals surface area contributed by atoms with E-state index in [0.717, 1.165) is 6.92 Å². The molecule has 0 rings (SSSR count). The first-order valence-electron chi connectivity index (χ1n) is 1.24. The summed E-state index contributed by atoms with van der Waals surface area (Å²) in [5, 5.41) is -0.824. The fourth-order valence-electron chi connectivity index (χ4n) is 0. The van der Waals surface area contributed by atoms with E-state index in [0.29, 0.717) is 0 Å². The molecule has 0 amide bonds. The summed E-state index contributed by atoms with van der Waals surface area (Å²) in [6.07, 6.45) is 0. The highest BCUT2D eigenvalue weighted by molar-refractivity contribution is 7.94. The van der Waals surface area contributed by atoms with Crippen molar-refractivity contribution in [2.24, 2.45) is 0 Å². The van der Waals surface area contributed by atoms with Gasteiger partial charge in [-0.15, -0.1) is 4.55 Å². The summed E-state index contributed by atoms with van der Waals surface area (Å²) in [6.45, 7) is 0.989. The Hall–Kier alpha value is -0.220. The third-order valence-electron chi connectivity index (χ3n) is 0.235. The van der Waals surface area contributed by atoms with E-state index in [1.807, 2.05) is 0 Å². The highest BCUT2D eigenvalue weighted by Crippen LogP contribution is 1.71. The fraction of sp³-hybridized carbons (Fsp3) is 0.500. The average Bonchev–Trinajstić information content (AvgIpc) is 1.36. The molecule has 0 N–H and O–H groups in total. The van der Waals surface area contributed by atoms with Gasteiger partial charge in [-0.3, -0.25) is 4.79 Å². The molecule has 4 heteroatoms. The summed E-state index contributed by atoms with van der Waals surface area (Å²) < 4.78 is 18.7. The van der Waals surface area contributed by atoms with Crippen LogP contribution < -0.4 is 0 Å². The molecule has 0 aromatic carbocycles. The van der Waals surface area contributed by atoms with E-state index < -0.39 is 16.2 Å². The number of carbonyl (C=O) groups is 1. The highest BCUT2D eigenvalue weighted by Gasteiger charge is 1.97. The summed E-state index contributed by atoms with van der Waals surface area (Å²) in [5.74, 6) is 0. The topological polar surface area (TPSA) is 54.0 Å². The van der Waals surface area contributed by atoms with E-state index >= 15 is 0 Å². The lowest BCUT2D eigenvalue weighted by Crippen LogP contribution is -1.95. The molecule has 3 nitrogen and oxygen atoms in total. The van der Waals surface area contributed by atoms with E-state index in [-0.39, 0.29) is 0 Å². The minimum absolute atomic E-state index is 0.824. The quantitative estimate of drug-likeness (QED) is 0.424. The normalized spacial score (nSPS) is 13.7. The van der Waals surface area contributed by atoms with Gasteiger partial charge in [0.25, 0.3) is 11.1 Å². The summed E-state index contributed by atoms with van der Waals surface area (Å²) in [6, 6.07) is 0. The first kappa shape index (κ1) is 5.78. The second-order valence-electron chi connectivity index (χ2n) is 0.726. The first-order chi connectivity index (χ1) is 2.64. The Morgan fingerprint density at radius 1 is 1.67 bits per heavy atom. The molecule has 0 heterocycles. The Kier molecular flexibility index (Phi) is 1.97. The van der Waals surface area contributed by atoms with Crippen LogP contribution in [0, 0.1) is 0 Å². The van der Waals surface area contributed by atoms with Gasteiger partial charge >= 0.3 is 0 Å². The van der Waals surface area contributed by atoms with Gasteiger partial charge < -0.3 is 0 Å². The van der Waals surface area contributed by atoms with Crippen molar-refractivity contribution in [2.45, 2.75) is 6.92 Å². The lowest BCUT2D eigenvalue weighted by Gasteiger charge is -1.70. The van der Waals surface area contributed by atoms with Crippen LogP contribution in [0.1, 0.15) is 6.92 Å². The number of carbonyl (C=O) groups excluding carboxylic acids is 1. The fourth-order valence-corrected chi connectivity index (χ4v) is 0. The summed E-state index contributed by atoms with van der Waals surface area (Å²) in [7, 11) is 0. The lowest BCUT2D eigenvalue weighted by molar-refractivity contribution is -0.110. The van der Waals surface area contributed by atoms with Crippen molar-refractivity contribution in [3.8, 4) is 0 Å². The molecular formula is C2H3O3S. The van der Waals surface area contributed by atoms with Crippen LogP contribution >= 0.6 is 0 Å². The van der Waals surface area contributed by atoms with Gasteiger partial charge in [0.2, 0.25) is 5.12 Å². The Morgan fingerprint density at radius 2 is 1.83 bits per heavy atom. The minimum atomic E-state index is -2.51. The SMILES string of the molecule is CC(=O)S([O])=O. The van der Waals surface area contributed by atoms with Crippen LogP contribution in [0.3, 0.4) is 0 Å². The van der Waals surface area contributed by atoms with Crippen molar-refractivity contribution in [3.05, 3.63) is 0 Å². The molecular weight excluding hydrogens is 104 g/mol. The van der Waals surface area contributed by atoms with E-state index in [4.69, 9.17) is 0 Å². The van der Waals surface area contributed by atoms with Gasteiger partial charge in [0.05, 0.1) is 0 Å². The van der Waals surface area contributed by atoms with Crippen LogP contribution in [0.25, 0.3) is 0 Å². The van der Waals surface area contributed by atoms with Gasteiger partial charge in [-0.05, 0) is 0 Å². The van der Waals surface area contributed by atoms with E-state index in [1.165, 1.54) is 0 Å². The summed E-state index contributed by atoms with van der Waals surface area (Å²) in [5.41, 5.74) is 0. The van der Waals surface area contributed by atoms with Gasteiger partial charge in [0, 0.05) is 6.92 Å². The zero-order valence-corrected chi connectivity index (χ0v) is 3.95. The molecule has 6 heavy (non-hydrogen) atoms. The lowest BCUT2D eigenvalue weighted by atomic mass is 10.9. The average molecular weight is 107 g/mol. The van der Waals surface area contributed by atoms with Crippen LogP contribution in [-0.2, 0) is 20.4 Å². The standard InChI is InChI=1S/C2H3O3S/c1-2(3)6(4)5/h1H3. The predicted octanol–water partition coefficient (Wildman–Crippen LogP) is -0.373. The van der Waals surface area contributed by atoms with Gasteiger partial charge in [0.1, 0.15) is 0 Å². The zero-order valence-electron chi connectivity index (χ0n) is 3.13. The minimum Gasteiger partial charge on any atom is -0.282 e. The molecule has 0 saturated heterocycles. The summed E-state index contributed by atoms with van der Waals surface area (Å²) >= 11 is -2.51. The maximum Gasteiger partial charge on any atom is 0.257 e. The van der Waals surface area contributed by atoms with Gasteiger partial charge in [-0.2, -0.15) is 0 Å².